The normalized spacial score (nSPS) is 26.0. The lowest BCUT2D eigenvalue weighted by molar-refractivity contribution is -0.212. The van der Waals surface area contributed by atoms with E-state index in [1.54, 1.807) is 19.1 Å². The standard InChI is InChI=1S/C19H21Cl3O7S/c1-8-17(27-10(3)24)15(7-26-9(2)23)29-19(18(8)28-11(4)25)30-12-5-13(20)16(22)14(21)6-12/h5-6,8,15,17-19H,7H2,1-4H3/t8?,15?,17-,18+,19-/m1/s1. The first-order chi connectivity index (χ1) is 14.0. The lowest BCUT2D eigenvalue weighted by Crippen LogP contribution is -2.56. The highest BCUT2D eigenvalue weighted by molar-refractivity contribution is 7.99. The first-order valence-corrected chi connectivity index (χ1v) is 11.0. The van der Waals surface area contributed by atoms with Crippen LogP contribution in [0.3, 0.4) is 0 Å². The van der Waals surface area contributed by atoms with Crippen LogP contribution in [-0.2, 0) is 33.3 Å². The van der Waals surface area contributed by atoms with Gasteiger partial charge in [0.25, 0.3) is 0 Å². The zero-order valence-corrected chi connectivity index (χ0v) is 19.7. The fourth-order valence-electron chi connectivity index (χ4n) is 2.99. The van der Waals surface area contributed by atoms with Gasteiger partial charge >= 0.3 is 17.9 Å². The van der Waals surface area contributed by atoms with E-state index < -0.39 is 47.6 Å². The van der Waals surface area contributed by atoms with Gasteiger partial charge < -0.3 is 18.9 Å². The van der Waals surface area contributed by atoms with Crippen molar-refractivity contribution in [1.29, 1.82) is 0 Å². The first-order valence-electron chi connectivity index (χ1n) is 8.94. The number of esters is 3. The maximum absolute atomic E-state index is 11.7. The lowest BCUT2D eigenvalue weighted by atomic mass is 9.91. The van der Waals surface area contributed by atoms with Gasteiger partial charge in [-0.3, -0.25) is 14.4 Å². The molecular weight excluding hydrogens is 479 g/mol. The summed E-state index contributed by atoms with van der Waals surface area (Å²) in [5.41, 5.74) is -0.718. The molecule has 7 nitrogen and oxygen atoms in total. The second-order valence-corrected chi connectivity index (χ2v) is 9.04. The molecule has 1 aliphatic rings. The van der Waals surface area contributed by atoms with Gasteiger partial charge in [-0.1, -0.05) is 53.5 Å². The largest absolute Gasteiger partial charge is 0.463 e. The predicted molar refractivity (Wildman–Crippen MR) is 113 cm³/mol. The number of hydrogen-bond acceptors (Lipinski definition) is 8. The second kappa shape index (κ2) is 10.9. The third-order valence-corrected chi connectivity index (χ3v) is 6.56. The molecule has 1 aliphatic heterocycles. The molecule has 30 heavy (non-hydrogen) atoms. The number of ether oxygens (including phenoxy) is 4. The third kappa shape index (κ3) is 6.65. The molecule has 5 atom stereocenters. The summed E-state index contributed by atoms with van der Waals surface area (Å²) in [5, 5.41) is 0.738. The van der Waals surface area contributed by atoms with E-state index in [4.69, 9.17) is 53.8 Å². The average Bonchev–Trinajstić information content (AvgIpc) is 2.63. The molecule has 1 aromatic rings. The molecule has 1 saturated heterocycles. The number of rotatable bonds is 6. The van der Waals surface area contributed by atoms with Gasteiger partial charge in [-0.05, 0) is 12.1 Å². The van der Waals surface area contributed by atoms with Gasteiger partial charge in [0.2, 0.25) is 0 Å². The molecule has 11 heteroatoms. The van der Waals surface area contributed by atoms with E-state index in [-0.39, 0.29) is 21.7 Å². The van der Waals surface area contributed by atoms with Crippen molar-refractivity contribution in [2.24, 2.45) is 5.92 Å². The fraction of sp³-hybridized carbons (Fsp3) is 0.526. The van der Waals surface area contributed by atoms with Crippen LogP contribution in [0.15, 0.2) is 17.0 Å². The van der Waals surface area contributed by atoms with Crippen molar-refractivity contribution in [2.75, 3.05) is 6.61 Å². The van der Waals surface area contributed by atoms with Gasteiger partial charge in [-0.2, -0.15) is 0 Å². The predicted octanol–water partition coefficient (Wildman–Crippen LogP) is 4.53. The van der Waals surface area contributed by atoms with Crippen LogP contribution in [0.5, 0.6) is 0 Å². The molecule has 1 fully saturated rings. The summed E-state index contributed by atoms with van der Waals surface area (Å²) >= 11 is 19.4. The maximum Gasteiger partial charge on any atom is 0.303 e. The van der Waals surface area contributed by atoms with Gasteiger partial charge in [0, 0.05) is 31.6 Å². The highest BCUT2D eigenvalue weighted by atomic mass is 35.5. The highest BCUT2D eigenvalue weighted by Crippen LogP contribution is 2.41. The molecular formula is C19H21Cl3O7S. The van der Waals surface area contributed by atoms with Gasteiger partial charge in [0.15, 0.2) is 0 Å². The molecule has 1 heterocycles. The van der Waals surface area contributed by atoms with E-state index in [9.17, 15) is 14.4 Å². The Hall–Kier alpha value is -1.19. The highest BCUT2D eigenvalue weighted by Gasteiger charge is 2.48. The molecule has 166 valence electrons. The zero-order chi connectivity index (χ0) is 22.6. The molecule has 0 aliphatic carbocycles. The third-order valence-electron chi connectivity index (χ3n) is 4.24. The van der Waals surface area contributed by atoms with E-state index in [2.05, 4.69) is 0 Å². The van der Waals surface area contributed by atoms with Crippen LogP contribution in [0.2, 0.25) is 15.1 Å². The van der Waals surface area contributed by atoms with Gasteiger partial charge in [0.1, 0.15) is 30.4 Å². The molecule has 0 spiro atoms. The molecule has 2 rings (SSSR count). The second-order valence-electron chi connectivity index (χ2n) is 6.67. The molecule has 0 N–H and O–H groups in total. The Morgan fingerprint density at radius 2 is 1.50 bits per heavy atom. The number of hydrogen-bond donors (Lipinski definition) is 0. The maximum atomic E-state index is 11.7. The molecule has 1 aromatic carbocycles. The molecule has 0 bridgehead atoms. The van der Waals surface area contributed by atoms with Crippen molar-refractivity contribution in [2.45, 2.75) is 56.3 Å². The lowest BCUT2D eigenvalue weighted by Gasteiger charge is -2.43. The monoisotopic (exact) mass is 498 g/mol. The molecule has 0 amide bonds. The number of carbonyl (C=O) groups excluding carboxylic acids is 3. The van der Waals surface area contributed by atoms with Crippen LogP contribution in [0.25, 0.3) is 0 Å². The summed E-state index contributed by atoms with van der Waals surface area (Å²) in [6, 6.07) is 3.22. The summed E-state index contributed by atoms with van der Waals surface area (Å²) in [6.45, 7) is 5.42. The zero-order valence-electron chi connectivity index (χ0n) is 16.6. The van der Waals surface area contributed by atoms with Crippen molar-refractivity contribution >= 4 is 64.5 Å². The van der Waals surface area contributed by atoms with Gasteiger partial charge in [0.05, 0.1) is 15.1 Å². The van der Waals surface area contributed by atoms with Crippen LogP contribution in [-0.4, -0.2) is 48.3 Å². The van der Waals surface area contributed by atoms with Crippen LogP contribution in [0.4, 0.5) is 0 Å². The van der Waals surface area contributed by atoms with Crippen molar-refractivity contribution < 1.29 is 33.3 Å². The summed E-state index contributed by atoms with van der Waals surface area (Å²) < 4.78 is 22.0. The molecule has 0 radical (unpaired) electrons. The number of carbonyl (C=O) groups is 3. The summed E-state index contributed by atoms with van der Waals surface area (Å²) in [5.74, 6) is -2.02. The molecule has 0 saturated carbocycles. The molecule has 2 unspecified atom stereocenters. The summed E-state index contributed by atoms with van der Waals surface area (Å²) in [7, 11) is 0. The van der Waals surface area contributed by atoms with Crippen molar-refractivity contribution in [3.8, 4) is 0 Å². The minimum atomic E-state index is -0.791. The van der Waals surface area contributed by atoms with Gasteiger partial charge in [-0.15, -0.1) is 0 Å². The van der Waals surface area contributed by atoms with E-state index in [0.29, 0.717) is 4.90 Å². The van der Waals surface area contributed by atoms with Crippen LogP contribution < -0.4 is 0 Å². The van der Waals surface area contributed by atoms with Gasteiger partial charge in [-0.25, -0.2) is 0 Å². The van der Waals surface area contributed by atoms with Crippen LogP contribution in [0.1, 0.15) is 27.7 Å². The van der Waals surface area contributed by atoms with Crippen molar-refractivity contribution in [3.63, 3.8) is 0 Å². The Kier molecular flexibility index (Phi) is 9.12. The molecule has 0 aromatic heterocycles. The Morgan fingerprint density at radius 3 is 2.00 bits per heavy atom. The summed E-state index contributed by atoms with van der Waals surface area (Å²) in [6.07, 6.45) is -2.32. The van der Waals surface area contributed by atoms with E-state index in [1.165, 1.54) is 32.5 Å². The Balaban J connectivity index is 2.35. The van der Waals surface area contributed by atoms with E-state index in [0.717, 1.165) is 0 Å². The Labute approximate surface area is 193 Å². The Bertz CT molecular complexity index is 794. The first kappa shape index (κ1) is 25.1. The summed E-state index contributed by atoms with van der Waals surface area (Å²) in [4.78, 5) is 35.2. The van der Waals surface area contributed by atoms with Crippen molar-refractivity contribution in [1.82, 2.24) is 0 Å². The quantitative estimate of drug-likeness (QED) is 0.320. The SMILES string of the molecule is CC(=O)OCC1O[C@H](Sc2cc(Cl)c(Cl)c(Cl)c2)[C@@H](OC(C)=O)C(C)[C@H]1OC(C)=O. The van der Waals surface area contributed by atoms with Crippen LogP contribution >= 0.6 is 46.6 Å². The smallest absolute Gasteiger partial charge is 0.303 e. The average molecular weight is 500 g/mol. The van der Waals surface area contributed by atoms with Crippen molar-refractivity contribution in [3.05, 3.63) is 27.2 Å². The minimum absolute atomic E-state index is 0.135. The van der Waals surface area contributed by atoms with E-state index in [1.807, 2.05) is 0 Å². The topological polar surface area (TPSA) is 88.1 Å². The number of thioether (sulfide) groups is 1. The minimum Gasteiger partial charge on any atom is -0.463 e. The van der Waals surface area contributed by atoms with E-state index >= 15 is 0 Å². The fourth-order valence-corrected chi connectivity index (χ4v) is 4.99. The number of halogens is 3. The number of benzene rings is 1. The Morgan fingerprint density at radius 1 is 0.967 bits per heavy atom. The van der Waals surface area contributed by atoms with Crippen LogP contribution in [0, 0.1) is 5.92 Å².